The third kappa shape index (κ3) is 7.28. The van der Waals surface area contributed by atoms with Gasteiger partial charge in [-0.1, -0.05) is 18.2 Å². The first-order chi connectivity index (χ1) is 32.3. The lowest BCUT2D eigenvalue weighted by atomic mass is 10.1. The maximum absolute atomic E-state index is 14.3. The second kappa shape index (κ2) is 17.0. The van der Waals surface area contributed by atoms with Crippen molar-refractivity contribution in [3.63, 3.8) is 0 Å². The molecule has 14 nitrogen and oxygen atoms in total. The number of nitrogens with one attached hydrogen (secondary N) is 3. The Hall–Kier alpha value is -7.21. The SMILES string of the molecule is CCN(CC(=O)N1CCc2c1ccc1[nH]c(C(=O)N3CCc4c3ccc3[nH]c(C(=O)N5CCc6c5ccc5[nH]c(C(=O)OPPF)cc65)cc43)cc21)c1ccc(N=Nc2ccccc2)cc1. The fourth-order valence-electron chi connectivity index (χ4n) is 9.74. The maximum atomic E-state index is 14.3. The number of carbonyl (C=O) groups excluding carboxylic acids is 4. The van der Waals surface area contributed by atoms with Gasteiger partial charge in [0.1, 0.15) is 34.2 Å². The molecule has 0 saturated heterocycles. The zero-order valence-corrected chi connectivity index (χ0v) is 37.7. The summed E-state index contributed by atoms with van der Waals surface area (Å²) in [4.78, 5) is 71.9. The summed E-state index contributed by atoms with van der Waals surface area (Å²) in [5.41, 5.74) is 11.4. The molecule has 66 heavy (non-hydrogen) atoms. The zero-order valence-electron chi connectivity index (χ0n) is 35.7. The van der Waals surface area contributed by atoms with Crippen molar-refractivity contribution in [3.8, 4) is 0 Å². The number of rotatable bonds is 11. The molecular formula is C49H42FN9O5P2. The molecule has 8 aromatic rings. The Labute approximate surface area is 380 Å². The van der Waals surface area contributed by atoms with E-state index in [4.69, 9.17) is 4.52 Å². The van der Waals surface area contributed by atoms with Gasteiger partial charge in [0.25, 0.3) is 11.8 Å². The predicted molar refractivity (Wildman–Crippen MR) is 260 cm³/mol. The van der Waals surface area contributed by atoms with Gasteiger partial charge in [-0.2, -0.15) is 10.2 Å². The van der Waals surface area contributed by atoms with Crippen LogP contribution in [0.2, 0.25) is 0 Å². The average molecular weight is 918 g/mol. The molecule has 2 atom stereocenters. The van der Waals surface area contributed by atoms with Crippen molar-refractivity contribution in [3.05, 3.63) is 143 Å². The molecule has 3 aliphatic heterocycles. The predicted octanol–water partition coefficient (Wildman–Crippen LogP) is 10.6. The van der Waals surface area contributed by atoms with Crippen molar-refractivity contribution in [2.24, 2.45) is 10.2 Å². The van der Waals surface area contributed by atoms with Crippen molar-refractivity contribution in [1.29, 1.82) is 0 Å². The van der Waals surface area contributed by atoms with Gasteiger partial charge < -0.3 is 39.1 Å². The van der Waals surface area contributed by atoms with E-state index in [0.29, 0.717) is 56.8 Å². The van der Waals surface area contributed by atoms with Gasteiger partial charge in [0.15, 0.2) is 0 Å². The molecule has 17 heteroatoms. The lowest BCUT2D eigenvalue weighted by Crippen LogP contribution is -2.39. The number of hydrogen-bond acceptors (Lipinski definition) is 8. The molecule has 6 heterocycles. The van der Waals surface area contributed by atoms with Gasteiger partial charge in [0.05, 0.1) is 17.9 Å². The smallest absolute Gasteiger partial charge is 0.357 e. The highest BCUT2D eigenvalue weighted by Gasteiger charge is 2.33. The summed E-state index contributed by atoms with van der Waals surface area (Å²) in [6.07, 6.45) is 1.91. The third-order valence-electron chi connectivity index (χ3n) is 12.9. The van der Waals surface area contributed by atoms with Gasteiger partial charge in [-0.25, -0.2) is 8.99 Å². The molecule has 2 unspecified atom stereocenters. The quantitative estimate of drug-likeness (QED) is 0.0864. The van der Waals surface area contributed by atoms with Crippen molar-refractivity contribution in [2.75, 3.05) is 52.3 Å². The second-order valence-corrected chi connectivity index (χ2v) is 18.3. The molecule has 3 N–H and O–H groups in total. The fraction of sp³-hybridized carbons (Fsp3) is 0.184. The minimum atomic E-state index is -0.958. The summed E-state index contributed by atoms with van der Waals surface area (Å²) < 4.78 is 17.6. The third-order valence-corrected chi connectivity index (χ3v) is 13.8. The summed E-state index contributed by atoms with van der Waals surface area (Å²) in [5, 5.41) is 11.3. The average Bonchev–Trinajstić information content (AvgIpc) is 4.21. The minimum Gasteiger partial charge on any atom is -0.437 e. The molecule has 0 aliphatic carbocycles. The molecule has 0 bridgehead atoms. The molecule has 3 aliphatic rings. The fourth-order valence-corrected chi connectivity index (χ4v) is 10.4. The Morgan fingerprint density at radius 3 is 1.61 bits per heavy atom. The number of amides is 3. The van der Waals surface area contributed by atoms with E-state index in [1.54, 1.807) is 15.9 Å². The first-order valence-corrected chi connectivity index (χ1v) is 24.6. The minimum absolute atomic E-state index is 0.000293. The standard InChI is InChI=1S/C49H42FN9O5P2/c1-2-56(30-10-8-29(9-11-30)55-54-28-6-4-3-5-7-28)27-46(60)57-21-18-31-34-24-40(51-37(34)12-15-43(31)57)47(61)58-22-19-32-35-25-41(52-38(35)13-16-44(32)58)48(62)59-23-20-33-36-26-42(49(63)64-66-65-50)53-39(36)14-17-45(33)59/h3-17,24-26,51-53,65-66H,2,18-23,27H2,1H3. The van der Waals surface area contributed by atoms with E-state index in [-0.39, 0.29) is 30.0 Å². The number of aromatic amines is 3. The Balaban J connectivity index is 0.783. The van der Waals surface area contributed by atoms with Crippen LogP contribution in [0.1, 0.15) is 55.1 Å². The highest BCUT2D eigenvalue weighted by molar-refractivity contribution is 8.07. The summed E-state index contributed by atoms with van der Waals surface area (Å²) in [5.74, 6) is -0.928. The van der Waals surface area contributed by atoms with Crippen LogP contribution < -0.4 is 19.6 Å². The zero-order chi connectivity index (χ0) is 45.1. The largest absolute Gasteiger partial charge is 0.437 e. The number of H-pyrrole nitrogens is 3. The van der Waals surface area contributed by atoms with Crippen LogP contribution in [0.5, 0.6) is 0 Å². The van der Waals surface area contributed by atoms with Crippen LogP contribution in [0.4, 0.5) is 38.3 Å². The van der Waals surface area contributed by atoms with E-state index >= 15 is 0 Å². The van der Waals surface area contributed by atoms with E-state index in [1.807, 2.05) is 120 Å². The van der Waals surface area contributed by atoms with Crippen molar-refractivity contribution >= 4 is 108 Å². The van der Waals surface area contributed by atoms with E-state index < -0.39 is 23.0 Å². The van der Waals surface area contributed by atoms with Gasteiger partial charge >= 0.3 is 5.97 Å². The summed E-state index contributed by atoms with van der Waals surface area (Å²) in [6, 6.07) is 34.3. The molecule has 3 aromatic heterocycles. The van der Waals surface area contributed by atoms with Crippen LogP contribution in [-0.2, 0) is 28.6 Å². The molecule has 0 fully saturated rings. The van der Waals surface area contributed by atoms with E-state index in [0.717, 1.165) is 83.5 Å². The Morgan fingerprint density at radius 1 is 0.621 bits per heavy atom. The summed E-state index contributed by atoms with van der Waals surface area (Å²) in [7, 11) is -1.49. The van der Waals surface area contributed by atoms with Gasteiger partial charge in [-0.3, -0.25) is 14.4 Å². The van der Waals surface area contributed by atoms with Gasteiger partial charge in [-0.15, -0.1) is 0 Å². The Kier molecular flexibility index (Phi) is 10.7. The lowest BCUT2D eigenvalue weighted by molar-refractivity contribution is -0.117. The number of hydrogen-bond donors (Lipinski definition) is 3. The molecule has 330 valence electrons. The molecule has 3 amide bonds. The van der Waals surface area contributed by atoms with Crippen molar-refractivity contribution in [2.45, 2.75) is 26.2 Å². The van der Waals surface area contributed by atoms with Crippen LogP contribution >= 0.6 is 17.1 Å². The van der Waals surface area contributed by atoms with E-state index in [2.05, 4.69) is 25.2 Å². The van der Waals surface area contributed by atoms with Gasteiger partial charge in [0, 0.05) is 81.6 Å². The summed E-state index contributed by atoms with van der Waals surface area (Å²) >= 11 is 0. The summed E-state index contributed by atoms with van der Waals surface area (Å²) in [6.45, 7) is 4.41. The number of nitrogens with zero attached hydrogens (tertiary/aromatic N) is 6. The Bertz CT molecular complexity index is 3290. The maximum Gasteiger partial charge on any atom is 0.357 e. The van der Waals surface area contributed by atoms with Gasteiger partial charge in [-0.05, 0) is 134 Å². The number of carbonyl (C=O) groups is 4. The normalized spacial score (nSPS) is 14.5. The number of anilines is 4. The molecule has 0 spiro atoms. The first-order valence-electron chi connectivity index (χ1n) is 21.8. The van der Waals surface area contributed by atoms with Crippen LogP contribution in [0.15, 0.2) is 119 Å². The number of likely N-dealkylation sites (N-methyl/N-ethyl adjacent to an activating group) is 1. The number of aromatic nitrogens is 3. The van der Waals surface area contributed by atoms with E-state index in [1.165, 1.54) is 0 Å². The molecule has 5 aromatic carbocycles. The van der Waals surface area contributed by atoms with Crippen LogP contribution in [0.3, 0.4) is 0 Å². The van der Waals surface area contributed by atoms with E-state index in [9.17, 15) is 23.4 Å². The lowest BCUT2D eigenvalue weighted by Gasteiger charge is -2.26. The second-order valence-electron chi connectivity index (χ2n) is 16.5. The molecular weight excluding hydrogens is 876 g/mol. The van der Waals surface area contributed by atoms with Crippen LogP contribution in [0.25, 0.3) is 32.7 Å². The Morgan fingerprint density at radius 2 is 1.09 bits per heavy atom. The molecule has 0 radical (unpaired) electrons. The molecule has 11 rings (SSSR count). The van der Waals surface area contributed by atoms with Crippen LogP contribution in [-0.4, -0.2) is 71.4 Å². The monoisotopic (exact) mass is 917 g/mol. The van der Waals surface area contributed by atoms with Crippen molar-refractivity contribution < 1.29 is 27.9 Å². The topological polar surface area (TPSA) is 163 Å². The highest BCUT2D eigenvalue weighted by Crippen LogP contribution is 2.42. The van der Waals surface area contributed by atoms with Crippen molar-refractivity contribution in [1.82, 2.24) is 15.0 Å². The first kappa shape index (κ1) is 41.5. The van der Waals surface area contributed by atoms with Crippen LogP contribution in [0, 0.1) is 0 Å². The number of fused-ring (bicyclic) bond motifs is 9. The number of benzene rings is 5. The number of halogens is 1. The van der Waals surface area contributed by atoms with Gasteiger partial charge in [0.2, 0.25) is 5.91 Å². The number of azo groups is 1. The highest BCUT2D eigenvalue weighted by atomic mass is 32.0. The molecule has 0 saturated carbocycles.